The number of nitrogens with zero attached hydrogens (tertiary/aromatic N) is 1. The first-order valence-corrected chi connectivity index (χ1v) is 5.22. The zero-order valence-corrected chi connectivity index (χ0v) is 9.03. The summed E-state index contributed by atoms with van der Waals surface area (Å²) in [7, 11) is 0. The minimum absolute atomic E-state index is 0.290. The highest BCUT2D eigenvalue weighted by molar-refractivity contribution is 5.66. The third-order valence-electron chi connectivity index (χ3n) is 2.42. The Hall–Kier alpha value is -1.84. The van der Waals surface area contributed by atoms with Crippen LogP contribution in [0.25, 0.3) is 11.3 Å². The van der Waals surface area contributed by atoms with Gasteiger partial charge in [0, 0.05) is 11.1 Å². The minimum Gasteiger partial charge on any atom is -0.367 e. The Labute approximate surface area is 93.1 Å². The van der Waals surface area contributed by atoms with Crippen molar-refractivity contribution in [2.45, 2.75) is 19.8 Å². The van der Waals surface area contributed by atoms with Crippen LogP contribution in [-0.4, -0.2) is 5.16 Å². The van der Waals surface area contributed by atoms with Crippen LogP contribution >= 0.6 is 0 Å². The van der Waals surface area contributed by atoms with Crippen molar-refractivity contribution in [3.05, 3.63) is 35.6 Å². The average molecular weight is 220 g/mol. The summed E-state index contributed by atoms with van der Waals surface area (Å²) in [6.45, 7) is 2.04. The quantitative estimate of drug-likeness (QED) is 0.865. The molecular formula is C12H13FN2O. The summed E-state index contributed by atoms with van der Waals surface area (Å²) in [6, 6.07) is 6.26. The van der Waals surface area contributed by atoms with Crippen LogP contribution in [0.15, 0.2) is 28.8 Å². The van der Waals surface area contributed by atoms with Crippen LogP contribution in [0.3, 0.4) is 0 Å². The lowest BCUT2D eigenvalue weighted by Crippen LogP contribution is -1.92. The fraction of sp³-hybridized carbons (Fsp3) is 0.250. The molecule has 0 spiro atoms. The summed E-state index contributed by atoms with van der Waals surface area (Å²) >= 11 is 0. The van der Waals surface area contributed by atoms with E-state index in [1.807, 2.05) is 6.92 Å². The summed E-state index contributed by atoms with van der Waals surface area (Å²) in [5.41, 5.74) is 7.87. The normalized spacial score (nSPS) is 10.6. The molecule has 0 unspecified atom stereocenters. The van der Waals surface area contributed by atoms with Crippen molar-refractivity contribution in [2.75, 3.05) is 5.73 Å². The molecule has 0 aliphatic rings. The molecule has 1 heterocycles. The van der Waals surface area contributed by atoms with Gasteiger partial charge in [-0.05, 0) is 18.6 Å². The van der Waals surface area contributed by atoms with Gasteiger partial charge in [0.15, 0.2) is 0 Å². The van der Waals surface area contributed by atoms with E-state index in [-0.39, 0.29) is 5.82 Å². The van der Waals surface area contributed by atoms with Crippen LogP contribution in [0, 0.1) is 5.82 Å². The van der Waals surface area contributed by atoms with E-state index in [9.17, 15) is 4.39 Å². The van der Waals surface area contributed by atoms with E-state index < -0.39 is 0 Å². The molecule has 0 aliphatic heterocycles. The van der Waals surface area contributed by atoms with E-state index in [1.54, 1.807) is 12.1 Å². The molecule has 1 aromatic carbocycles. The number of nitrogen functional groups attached to an aromatic ring is 1. The average Bonchev–Trinajstić information content (AvgIpc) is 2.61. The molecule has 2 rings (SSSR count). The predicted molar refractivity (Wildman–Crippen MR) is 60.3 cm³/mol. The number of anilines is 1. The van der Waals surface area contributed by atoms with E-state index in [2.05, 4.69) is 5.16 Å². The zero-order valence-electron chi connectivity index (χ0n) is 9.03. The predicted octanol–water partition coefficient (Wildman–Crippen LogP) is 3.02. The first-order valence-electron chi connectivity index (χ1n) is 5.22. The number of halogens is 1. The van der Waals surface area contributed by atoms with Gasteiger partial charge in [0.1, 0.15) is 11.5 Å². The smallest absolute Gasteiger partial charge is 0.225 e. The second-order valence-corrected chi connectivity index (χ2v) is 3.63. The van der Waals surface area contributed by atoms with Gasteiger partial charge in [0.05, 0.1) is 0 Å². The molecule has 0 aliphatic carbocycles. The van der Waals surface area contributed by atoms with Gasteiger partial charge < -0.3 is 10.3 Å². The van der Waals surface area contributed by atoms with Crippen molar-refractivity contribution >= 4 is 5.88 Å². The van der Waals surface area contributed by atoms with Gasteiger partial charge in [-0.15, -0.1) is 0 Å². The SMILES string of the molecule is CCCc1c(-c2cccc(F)c2)noc1N. The molecule has 0 bridgehead atoms. The van der Waals surface area contributed by atoms with Gasteiger partial charge in [0.2, 0.25) is 5.88 Å². The summed E-state index contributed by atoms with van der Waals surface area (Å²) in [5, 5.41) is 3.88. The lowest BCUT2D eigenvalue weighted by Gasteiger charge is -2.00. The largest absolute Gasteiger partial charge is 0.367 e. The van der Waals surface area contributed by atoms with Crippen LogP contribution < -0.4 is 5.73 Å². The fourth-order valence-corrected chi connectivity index (χ4v) is 1.68. The molecule has 84 valence electrons. The lowest BCUT2D eigenvalue weighted by atomic mass is 10.0. The molecule has 0 fully saturated rings. The molecule has 2 aromatic rings. The van der Waals surface area contributed by atoms with Gasteiger partial charge in [0.25, 0.3) is 0 Å². The number of hydrogen-bond donors (Lipinski definition) is 1. The van der Waals surface area contributed by atoms with Crippen LogP contribution in [0.1, 0.15) is 18.9 Å². The van der Waals surface area contributed by atoms with Crippen molar-refractivity contribution in [1.82, 2.24) is 5.16 Å². The van der Waals surface area contributed by atoms with E-state index in [1.165, 1.54) is 12.1 Å². The highest BCUT2D eigenvalue weighted by atomic mass is 19.1. The van der Waals surface area contributed by atoms with Crippen LogP contribution in [0.2, 0.25) is 0 Å². The van der Waals surface area contributed by atoms with Crippen molar-refractivity contribution in [1.29, 1.82) is 0 Å². The molecule has 0 saturated heterocycles. The molecule has 0 amide bonds. The van der Waals surface area contributed by atoms with E-state index in [4.69, 9.17) is 10.3 Å². The number of benzene rings is 1. The molecule has 0 atom stereocenters. The van der Waals surface area contributed by atoms with Crippen LogP contribution in [0.5, 0.6) is 0 Å². The Morgan fingerprint density at radius 3 is 2.94 bits per heavy atom. The number of rotatable bonds is 3. The molecule has 0 saturated carbocycles. The van der Waals surface area contributed by atoms with Gasteiger partial charge in [-0.1, -0.05) is 30.6 Å². The fourth-order valence-electron chi connectivity index (χ4n) is 1.68. The molecular weight excluding hydrogens is 207 g/mol. The first kappa shape index (κ1) is 10.7. The Bertz CT molecular complexity index is 494. The summed E-state index contributed by atoms with van der Waals surface area (Å²) in [5.74, 6) is 0.0302. The molecule has 16 heavy (non-hydrogen) atoms. The van der Waals surface area contributed by atoms with E-state index >= 15 is 0 Å². The third-order valence-corrected chi connectivity index (χ3v) is 2.42. The van der Waals surface area contributed by atoms with Crippen LogP contribution in [-0.2, 0) is 6.42 Å². The zero-order chi connectivity index (χ0) is 11.5. The van der Waals surface area contributed by atoms with Gasteiger partial charge in [-0.3, -0.25) is 0 Å². The maximum absolute atomic E-state index is 13.1. The maximum atomic E-state index is 13.1. The van der Waals surface area contributed by atoms with E-state index in [0.717, 1.165) is 18.4 Å². The number of aromatic nitrogens is 1. The van der Waals surface area contributed by atoms with Crippen molar-refractivity contribution in [2.24, 2.45) is 0 Å². The topological polar surface area (TPSA) is 52.0 Å². The highest BCUT2D eigenvalue weighted by Gasteiger charge is 2.14. The lowest BCUT2D eigenvalue weighted by molar-refractivity contribution is 0.438. The second-order valence-electron chi connectivity index (χ2n) is 3.63. The van der Waals surface area contributed by atoms with Crippen molar-refractivity contribution in [3.8, 4) is 11.3 Å². The molecule has 4 heteroatoms. The van der Waals surface area contributed by atoms with E-state index in [0.29, 0.717) is 17.1 Å². The van der Waals surface area contributed by atoms with Gasteiger partial charge >= 0.3 is 0 Å². The Morgan fingerprint density at radius 1 is 1.44 bits per heavy atom. The minimum atomic E-state index is -0.290. The Kier molecular flexibility index (Phi) is 2.90. The number of hydrogen-bond acceptors (Lipinski definition) is 3. The molecule has 0 radical (unpaired) electrons. The van der Waals surface area contributed by atoms with Gasteiger partial charge in [-0.2, -0.15) is 0 Å². The second kappa shape index (κ2) is 4.35. The molecule has 1 aromatic heterocycles. The van der Waals surface area contributed by atoms with Crippen molar-refractivity contribution < 1.29 is 8.91 Å². The third kappa shape index (κ3) is 1.91. The summed E-state index contributed by atoms with van der Waals surface area (Å²) in [6.07, 6.45) is 1.72. The highest BCUT2D eigenvalue weighted by Crippen LogP contribution is 2.28. The summed E-state index contributed by atoms with van der Waals surface area (Å²) in [4.78, 5) is 0. The first-order chi connectivity index (χ1) is 7.72. The standard InChI is InChI=1S/C12H13FN2O/c1-2-4-10-11(15-16-12(10)14)8-5-3-6-9(13)7-8/h3,5-7H,2,4,14H2,1H3. The van der Waals surface area contributed by atoms with Crippen LogP contribution in [0.4, 0.5) is 10.3 Å². The molecule has 2 N–H and O–H groups in total. The Morgan fingerprint density at radius 2 is 2.25 bits per heavy atom. The summed E-state index contributed by atoms with van der Waals surface area (Å²) < 4.78 is 18.0. The monoisotopic (exact) mass is 220 g/mol. The molecule has 3 nitrogen and oxygen atoms in total. The maximum Gasteiger partial charge on any atom is 0.225 e. The Balaban J connectivity index is 2.47. The van der Waals surface area contributed by atoms with Crippen molar-refractivity contribution in [3.63, 3.8) is 0 Å². The number of nitrogens with two attached hydrogens (primary N) is 1. The van der Waals surface area contributed by atoms with Gasteiger partial charge in [-0.25, -0.2) is 4.39 Å².